The van der Waals surface area contributed by atoms with E-state index in [9.17, 15) is 4.79 Å². The molecule has 0 saturated carbocycles. The van der Waals surface area contributed by atoms with E-state index in [0.29, 0.717) is 13.2 Å². The number of amides is 1. The fourth-order valence-electron chi connectivity index (χ4n) is 2.73. The van der Waals surface area contributed by atoms with Crippen LogP contribution in [0.5, 0.6) is 0 Å². The van der Waals surface area contributed by atoms with Gasteiger partial charge in [0.15, 0.2) is 0 Å². The minimum Gasteiger partial charge on any atom is -0.385 e. The highest BCUT2D eigenvalue weighted by molar-refractivity contribution is 7.10. The first-order valence-corrected chi connectivity index (χ1v) is 9.61. The summed E-state index contributed by atoms with van der Waals surface area (Å²) in [5, 5.41) is 5.24. The first-order chi connectivity index (χ1) is 12.1. The van der Waals surface area contributed by atoms with Gasteiger partial charge in [0.1, 0.15) is 0 Å². The third-order valence-electron chi connectivity index (χ3n) is 4.16. The molecule has 1 aromatic carbocycles. The quantitative estimate of drug-likeness (QED) is 0.660. The molecule has 0 radical (unpaired) electrons. The molecule has 0 spiro atoms. The van der Waals surface area contributed by atoms with Gasteiger partial charge in [0.2, 0.25) is 5.91 Å². The zero-order chi connectivity index (χ0) is 18.1. The minimum absolute atomic E-state index is 0.0397. The Morgan fingerprint density at radius 2 is 2.04 bits per heavy atom. The number of carbonyl (C=O) groups excluding carboxylic acids is 1. The standard InChI is InChI=1S/C20H28N2O2S/c1-4-16-8-10-17(11-9-16)20(18-7-5-14-25-18)21-19(23)15-22(2)12-6-13-24-3/h5,7-11,14,20H,4,6,12-13,15H2,1-3H3,(H,21,23). The lowest BCUT2D eigenvalue weighted by molar-refractivity contribution is -0.122. The van der Waals surface area contributed by atoms with Gasteiger partial charge in [0.05, 0.1) is 12.6 Å². The van der Waals surface area contributed by atoms with Crippen LogP contribution in [0.25, 0.3) is 0 Å². The summed E-state index contributed by atoms with van der Waals surface area (Å²) in [6.45, 7) is 4.09. The number of methoxy groups -OCH3 is 1. The lowest BCUT2D eigenvalue weighted by Crippen LogP contribution is -2.38. The predicted octanol–water partition coefficient (Wildman–Crippen LogP) is 3.48. The van der Waals surface area contributed by atoms with Gasteiger partial charge in [0.25, 0.3) is 0 Å². The van der Waals surface area contributed by atoms with Crippen LogP contribution >= 0.6 is 11.3 Å². The maximum Gasteiger partial charge on any atom is 0.234 e. The number of nitrogens with zero attached hydrogens (tertiary/aromatic N) is 1. The van der Waals surface area contributed by atoms with Crippen molar-refractivity contribution >= 4 is 17.2 Å². The zero-order valence-corrected chi connectivity index (χ0v) is 16.1. The van der Waals surface area contributed by atoms with Crippen molar-refractivity contribution in [1.29, 1.82) is 0 Å². The molecule has 0 aliphatic heterocycles. The average molecular weight is 361 g/mol. The van der Waals surface area contributed by atoms with Gasteiger partial charge in [-0.15, -0.1) is 11.3 Å². The van der Waals surface area contributed by atoms with Crippen molar-refractivity contribution in [2.75, 3.05) is 33.9 Å². The lowest BCUT2D eigenvalue weighted by Gasteiger charge is -2.21. The van der Waals surface area contributed by atoms with Crippen LogP contribution in [0.1, 0.15) is 35.4 Å². The number of hydrogen-bond donors (Lipinski definition) is 1. The molecule has 136 valence electrons. The third-order valence-corrected chi connectivity index (χ3v) is 5.09. The molecule has 1 N–H and O–H groups in total. The van der Waals surface area contributed by atoms with Crippen molar-refractivity contribution in [2.24, 2.45) is 0 Å². The van der Waals surface area contributed by atoms with E-state index in [-0.39, 0.29) is 11.9 Å². The summed E-state index contributed by atoms with van der Waals surface area (Å²) in [4.78, 5) is 15.7. The molecule has 0 bridgehead atoms. The Morgan fingerprint density at radius 3 is 2.64 bits per heavy atom. The molecule has 1 amide bonds. The maximum atomic E-state index is 12.5. The van der Waals surface area contributed by atoms with E-state index < -0.39 is 0 Å². The Kier molecular flexibility index (Phi) is 8.12. The first-order valence-electron chi connectivity index (χ1n) is 8.73. The summed E-state index contributed by atoms with van der Waals surface area (Å²) in [5.74, 6) is 0.0397. The number of carbonyl (C=O) groups is 1. The van der Waals surface area contributed by atoms with E-state index in [1.165, 1.54) is 5.56 Å². The third kappa shape index (κ3) is 6.27. The number of ether oxygens (including phenoxy) is 1. The number of benzene rings is 1. The van der Waals surface area contributed by atoms with Crippen molar-refractivity contribution in [1.82, 2.24) is 10.2 Å². The molecule has 1 atom stereocenters. The van der Waals surface area contributed by atoms with Crippen LogP contribution in [0.15, 0.2) is 41.8 Å². The van der Waals surface area contributed by atoms with Crippen molar-refractivity contribution < 1.29 is 9.53 Å². The van der Waals surface area contributed by atoms with E-state index in [4.69, 9.17) is 4.74 Å². The van der Waals surface area contributed by atoms with Crippen molar-refractivity contribution in [3.05, 3.63) is 57.8 Å². The van der Waals surface area contributed by atoms with Gasteiger partial charge in [-0.1, -0.05) is 37.3 Å². The van der Waals surface area contributed by atoms with Crippen LogP contribution in [-0.4, -0.2) is 44.7 Å². The molecule has 4 nitrogen and oxygen atoms in total. The molecule has 2 aromatic rings. The molecule has 1 aromatic heterocycles. The SMILES string of the molecule is CCc1ccc(C(NC(=O)CN(C)CCCOC)c2cccs2)cc1. The molecule has 25 heavy (non-hydrogen) atoms. The largest absolute Gasteiger partial charge is 0.385 e. The Balaban J connectivity index is 2.02. The van der Waals surface area contributed by atoms with Gasteiger partial charge in [-0.2, -0.15) is 0 Å². The molecule has 0 aliphatic carbocycles. The monoisotopic (exact) mass is 360 g/mol. The van der Waals surface area contributed by atoms with Gasteiger partial charge in [0, 0.05) is 25.1 Å². The maximum absolute atomic E-state index is 12.5. The van der Waals surface area contributed by atoms with Crippen LogP contribution in [0.2, 0.25) is 0 Å². The van der Waals surface area contributed by atoms with Crippen LogP contribution in [0.4, 0.5) is 0 Å². The number of thiophene rings is 1. The van der Waals surface area contributed by atoms with Gasteiger partial charge in [-0.3, -0.25) is 9.69 Å². The Labute approximate surface area is 154 Å². The van der Waals surface area contributed by atoms with Crippen LogP contribution in [0, 0.1) is 0 Å². The summed E-state index contributed by atoms with van der Waals surface area (Å²) in [6.07, 6.45) is 1.94. The second-order valence-electron chi connectivity index (χ2n) is 6.20. The summed E-state index contributed by atoms with van der Waals surface area (Å²) in [7, 11) is 3.66. The van der Waals surface area contributed by atoms with E-state index >= 15 is 0 Å². The van der Waals surface area contributed by atoms with E-state index in [0.717, 1.165) is 29.8 Å². The molecule has 2 rings (SSSR count). The minimum atomic E-state index is -0.0919. The van der Waals surface area contributed by atoms with Gasteiger partial charge < -0.3 is 10.1 Å². The number of likely N-dealkylation sites (N-methyl/N-ethyl adjacent to an activating group) is 1. The van der Waals surface area contributed by atoms with Crippen molar-refractivity contribution in [3.8, 4) is 0 Å². The Hall–Kier alpha value is -1.69. The first kappa shape index (κ1) is 19.6. The number of rotatable bonds is 10. The molecule has 0 aliphatic rings. The average Bonchev–Trinajstić information content (AvgIpc) is 3.14. The van der Waals surface area contributed by atoms with Crippen molar-refractivity contribution in [2.45, 2.75) is 25.8 Å². The number of nitrogens with one attached hydrogen (secondary N) is 1. The van der Waals surface area contributed by atoms with E-state index in [1.54, 1.807) is 18.4 Å². The lowest BCUT2D eigenvalue weighted by atomic mass is 10.0. The van der Waals surface area contributed by atoms with Crippen LogP contribution in [-0.2, 0) is 16.0 Å². The molecule has 0 saturated heterocycles. The summed E-state index contributed by atoms with van der Waals surface area (Å²) < 4.78 is 5.06. The highest BCUT2D eigenvalue weighted by Crippen LogP contribution is 2.26. The number of aryl methyl sites for hydroxylation is 1. The predicted molar refractivity (Wildman–Crippen MR) is 104 cm³/mol. The highest BCUT2D eigenvalue weighted by Gasteiger charge is 2.18. The zero-order valence-electron chi connectivity index (χ0n) is 15.3. The van der Waals surface area contributed by atoms with Crippen LogP contribution < -0.4 is 5.32 Å². The number of hydrogen-bond acceptors (Lipinski definition) is 4. The molecule has 1 unspecified atom stereocenters. The molecular formula is C20H28N2O2S. The fraction of sp³-hybridized carbons (Fsp3) is 0.450. The molecule has 0 fully saturated rings. The highest BCUT2D eigenvalue weighted by atomic mass is 32.1. The summed E-state index contributed by atoms with van der Waals surface area (Å²) >= 11 is 1.67. The smallest absolute Gasteiger partial charge is 0.234 e. The van der Waals surface area contributed by atoms with E-state index in [2.05, 4.69) is 42.6 Å². The Bertz CT molecular complexity index is 626. The topological polar surface area (TPSA) is 41.6 Å². The van der Waals surface area contributed by atoms with Crippen LogP contribution in [0.3, 0.4) is 0 Å². The molecular weight excluding hydrogens is 332 g/mol. The van der Waals surface area contributed by atoms with Gasteiger partial charge in [-0.05, 0) is 42.5 Å². The summed E-state index contributed by atoms with van der Waals surface area (Å²) in [6, 6.07) is 12.5. The second-order valence-corrected chi connectivity index (χ2v) is 7.17. The van der Waals surface area contributed by atoms with Gasteiger partial charge >= 0.3 is 0 Å². The fourth-order valence-corrected chi connectivity index (χ4v) is 3.53. The van der Waals surface area contributed by atoms with Crippen molar-refractivity contribution in [3.63, 3.8) is 0 Å². The summed E-state index contributed by atoms with van der Waals surface area (Å²) in [5.41, 5.74) is 2.42. The molecule has 5 heteroatoms. The van der Waals surface area contributed by atoms with Gasteiger partial charge in [-0.25, -0.2) is 0 Å². The Morgan fingerprint density at radius 1 is 1.28 bits per heavy atom. The normalized spacial score (nSPS) is 12.3. The second kappa shape index (κ2) is 10.3. The van der Waals surface area contributed by atoms with E-state index in [1.807, 2.05) is 23.4 Å². The molecule has 1 heterocycles.